The minimum atomic E-state index is -0.379. The quantitative estimate of drug-likeness (QED) is 0.856. The van der Waals surface area contributed by atoms with Gasteiger partial charge in [-0.05, 0) is 51.3 Å². The summed E-state index contributed by atoms with van der Waals surface area (Å²) < 4.78 is 15.4. The maximum Gasteiger partial charge on any atom is 0.254 e. The lowest BCUT2D eigenvalue weighted by atomic mass is 10.0. The van der Waals surface area contributed by atoms with Gasteiger partial charge in [0, 0.05) is 18.7 Å². The number of benzene rings is 1. The first kappa shape index (κ1) is 15.6. The molecule has 1 saturated heterocycles. The van der Waals surface area contributed by atoms with Gasteiger partial charge in [-0.15, -0.1) is 0 Å². The molecule has 1 aromatic carbocycles. The smallest absolute Gasteiger partial charge is 0.254 e. The van der Waals surface area contributed by atoms with Crippen molar-refractivity contribution >= 4 is 5.91 Å². The fourth-order valence-corrected chi connectivity index (χ4v) is 3.22. The summed E-state index contributed by atoms with van der Waals surface area (Å²) in [6.07, 6.45) is 1.87. The highest BCUT2D eigenvalue weighted by atomic mass is 19.1. The third-order valence-corrected chi connectivity index (χ3v) is 4.37. The molecule has 122 valence electrons. The van der Waals surface area contributed by atoms with Crippen LogP contribution in [0.15, 0.2) is 18.2 Å². The summed E-state index contributed by atoms with van der Waals surface area (Å²) in [5.41, 5.74) is 1.24. The summed E-state index contributed by atoms with van der Waals surface area (Å²) in [7, 11) is 0. The van der Waals surface area contributed by atoms with E-state index in [-0.39, 0.29) is 17.8 Å². The van der Waals surface area contributed by atoms with Crippen molar-refractivity contribution in [3.8, 4) is 0 Å². The van der Waals surface area contributed by atoms with E-state index < -0.39 is 0 Å². The topological polar surface area (TPSA) is 51.0 Å². The van der Waals surface area contributed by atoms with Crippen molar-refractivity contribution in [3.05, 3.63) is 46.8 Å². The Balaban J connectivity index is 1.82. The molecule has 0 radical (unpaired) electrons. The Morgan fingerprint density at radius 3 is 2.78 bits per heavy atom. The van der Waals surface area contributed by atoms with Crippen LogP contribution < -0.4 is 0 Å². The van der Waals surface area contributed by atoms with Crippen LogP contribution in [0.2, 0.25) is 0 Å². The van der Waals surface area contributed by atoms with Crippen LogP contribution in [-0.2, 0) is 0 Å². The Bertz CT molecular complexity index is 740. The highest BCUT2D eigenvalue weighted by molar-refractivity contribution is 5.95. The minimum absolute atomic E-state index is 0.110. The van der Waals surface area contributed by atoms with Gasteiger partial charge in [0.05, 0.1) is 6.04 Å². The molecule has 0 saturated carbocycles. The van der Waals surface area contributed by atoms with Gasteiger partial charge in [0.25, 0.3) is 5.91 Å². The standard InChI is InChI=1S/C17H21FN4O/c1-11-6-7-14(18)9-16(11)17(23)21-8-4-5-15(10-21)22-13(3)19-12(2)20-22/h6-7,9,15H,4-5,8,10H2,1-3H3. The number of piperidine rings is 1. The van der Waals surface area contributed by atoms with Crippen LogP contribution in [0.3, 0.4) is 0 Å². The first-order valence-corrected chi connectivity index (χ1v) is 7.91. The number of nitrogens with zero attached hydrogens (tertiary/aromatic N) is 4. The molecular formula is C17H21FN4O. The fourth-order valence-electron chi connectivity index (χ4n) is 3.22. The van der Waals surface area contributed by atoms with Crippen molar-refractivity contribution in [2.75, 3.05) is 13.1 Å². The zero-order valence-corrected chi connectivity index (χ0v) is 13.7. The molecule has 3 rings (SSSR count). The van der Waals surface area contributed by atoms with Crippen LogP contribution >= 0.6 is 0 Å². The Morgan fingerprint density at radius 1 is 1.30 bits per heavy atom. The first-order valence-electron chi connectivity index (χ1n) is 7.91. The number of rotatable bonds is 2. The third-order valence-electron chi connectivity index (χ3n) is 4.37. The molecule has 1 atom stereocenters. The lowest BCUT2D eigenvalue weighted by Gasteiger charge is -2.33. The number of carbonyl (C=O) groups is 1. The summed E-state index contributed by atoms with van der Waals surface area (Å²) in [6.45, 7) is 6.90. The second-order valence-electron chi connectivity index (χ2n) is 6.16. The maximum atomic E-state index is 13.5. The average Bonchev–Trinajstić information content (AvgIpc) is 2.88. The van der Waals surface area contributed by atoms with E-state index in [1.165, 1.54) is 12.1 Å². The van der Waals surface area contributed by atoms with Crippen molar-refractivity contribution in [2.24, 2.45) is 0 Å². The largest absolute Gasteiger partial charge is 0.336 e. The normalized spacial score (nSPS) is 18.3. The van der Waals surface area contributed by atoms with E-state index in [1.54, 1.807) is 11.0 Å². The van der Waals surface area contributed by atoms with E-state index in [0.717, 1.165) is 30.1 Å². The second-order valence-corrected chi connectivity index (χ2v) is 6.16. The molecule has 5 nitrogen and oxygen atoms in total. The molecule has 1 fully saturated rings. The van der Waals surface area contributed by atoms with E-state index in [4.69, 9.17) is 0 Å². The second kappa shape index (κ2) is 6.10. The molecule has 1 amide bonds. The summed E-state index contributed by atoms with van der Waals surface area (Å²) in [5, 5.41) is 4.44. The SMILES string of the molecule is Cc1nc(C)n(C2CCCN(C(=O)c3cc(F)ccc3C)C2)n1. The molecule has 0 bridgehead atoms. The summed E-state index contributed by atoms with van der Waals surface area (Å²) >= 11 is 0. The van der Waals surface area contributed by atoms with Crippen molar-refractivity contribution in [3.63, 3.8) is 0 Å². The predicted octanol–water partition coefficient (Wildman–Crippen LogP) is 2.82. The van der Waals surface area contributed by atoms with Crippen LogP contribution in [0, 0.1) is 26.6 Å². The molecule has 2 aromatic rings. The summed E-state index contributed by atoms with van der Waals surface area (Å²) in [4.78, 5) is 18.9. The van der Waals surface area contributed by atoms with Gasteiger partial charge < -0.3 is 4.90 Å². The van der Waals surface area contributed by atoms with E-state index in [1.807, 2.05) is 25.5 Å². The molecule has 1 unspecified atom stereocenters. The van der Waals surface area contributed by atoms with Gasteiger partial charge in [0.2, 0.25) is 0 Å². The van der Waals surface area contributed by atoms with E-state index in [9.17, 15) is 9.18 Å². The van der Waals surface area contributed by atoms with Gasteiger partial charge in [-0.25, -0.2) is 14.1 Å². The van der Waals surface area contributed by atoms with E-state index >= 15 is 0 Å². The third kappa shape index (κ3) is 3.11. The number of amides is 1. The molecular weight excluding hydrogens is 295 g/mol. The molecule has 23 heavy (non-hydrogen) atoms. The van der Waals surface area contributed by atoms with Crippen LogP contribution in [0.1, 0.15) is 46.5 Å². The Labute approximate surface area is 135 Å². The zero-order valence-electron chi connectivity index (χ0n) is 13.7. The maximum absolute atomic E-state index is 13.5. The average molecular weight is 316 g/mol. The molecule has 0 N–H and O–H groups in total. The van der Waals surface area contributed by atoms with Gasteiger partial charge >= 0.3 is 0 Å². The molecule has 6 heteroatoms. The van der Waals surface area contributed by atoms with Gasteiger partial charge in [0.1, 0.15) is 17.5 Å². The van der Waals surface area contributed by atoms with Gasteiger partial charge in [-0.1, -0.05) is 6.07 Å². The Kier molecular flexibility index (Phi) is 4.15. The van der Waals surface area contributed by atoms with Gasteiger partial charge in [-0.2, -0.15) is 5.10 Å². The monoisotopic (exact) mass is 316 g/mol. The fraction of sp³-hybridized carbons (Fsp3) is 0.471. The number of aryl methyl sites for hydroxylation is 3. The molecule has 0 aliphatic carbocycles. The number of likely N-dealkylation sites (tertiary alicyclic amines) is 1. The van der Waals surface area contributed by atoms with Crippen LogP contribution in [0.25, 0.3) is 0 Å². The number of hydrogen-bond donors (Lipinski definition) is 0. The highest BCUT2D eigenvalue weighted by Crippen LogP contribution is 2.24. The number of halogens is 1. The van der Waals surface area contributed by atoms with Crippen molar-refractivity contribution in [2.45, 2.75) is 39.7 Å². The minimum Gasteiger partial charge on any atom is -0.336 e. The summed E-state index contributed by atoms with van der Waals surface area (Å²) in [5.74, 6) is 1.12. The first-order chi connectivity index (χ1) is 11.0. The van der Waals surface area contributed by atoms with Crippen LogP contribution in [0.4, 0.5) is 4.39 Å². The van der Waals surface area contributed by atoms with Crippen LogP contribution in [-0.4, -0.2) is 38.7 Å². The summed E-state index contributed by atoms with van der Waals surface area (Å²) in [6, 6.07) is 4.48. The van der Waals surface area contributed by atoms with Crippen molar-refractivity contribution in [1.29, 1.82) is 0 Å². The van der Waals surface area contributed by atoms with Gasteiger partial charge in [-0.3, -0.25) is 4.79 Å². The molecule has 1 aliphatic rings. The molecule has 2 heterocycles. The van der Waals surface area contributed by atoms with Crippen molar-refractivity contribution < 1.29 is 9.18 Å². The van der Waals surface area contributed by atoms with Crippen LogP contribution in [0.5, 0.6) is 0 Å². The van der Waals surface area contributed by atoms with Crippen molar-refractivity contribution in [1.82, 2.24) is 19.7 Å². The van der Waals surface area contributed by atoms with E-state index in [0.29, 0.717) is 18.7 Å². The van der Waals surface area contributed by atoms with Gasteiger partial charge in [0.15, 0.2) is 0 Å². The number of hydrogen-bond acceptors (Lipinski definition) is 3. The van der Waals surface area contributed by atoms with E-state index in [2.05, 4.69) is 10.1 Å². The zero-order chi connectivity index (χ0) is 16.6. The number of carbonyl (C=O) groups excluding carboxylic acids is 1. The highest BCUT2D eigenvalue weighted by Gasteiger charge is 2.28. The molecule has 1 aromatic heterocycles. The molecule has 1 aliphatic heterocycles. The lowest BCUT2D eigenvalue weighted by Crippen LogP contribution is -2.41. The molecule has 0 spiro atoms. The lowest BCUT2D eigenvalue weighted by molar-refractivity contribution is 0.0670. The number of aromatic nitrogens is 3. The Morgan fingerprint density at radius 2 is 2.09 bits per heavy atom. The predicted molar refractivity (Wildman–Crippen MR) is 84.8 cm³/mol. The Hall–Kier alpha value is -2.24.